The molecule has 1 atom stereocenters. The van der Waals surface area contributed by atoms with Crippen molar-refractivity contribution in [2.75, 3.05) is 28.7 Å². The maximum Gasteiger partial charge on any atom is 0.230 e. The van der Waals surface area contributed by atoms with Crippen molar-refractivity contribution >= 4 is 56.5 Å². The van der Waals surface area contributed by atoms with Crippen molar-refractivity contribution in [2.24, 2.45) is 0 Å². The lowest BCUT2D eigenvalue weighted by Gasteiger charge is -2.18. The van der Waals surface area contributed by atoms with Gasteiger partial charge in [0.15, 0.2) is 0 Å². The topological polar surface area (TPSA) is 122 Å². The smallest absolute Gasteiger partial charge is 0.230 e. The summed E-state index contributed by atoms with van der Waals surface area (Å²) in [5.41, 5.74) is 0.963. The van der Waals surface area contributed by atoms with E-state index in [4.69, 9.17) is 0 Å². The van der Waals surface area contributed by atoms with Gasteiger partial charge in [-0.05, 0) is 23.5 Å². The molecule has 0 aliphatic carbocycles. The summed E-state index contributed by atoms with van der Waals surface area (Å²) in [6, 6.07) is 9.79. The van der Waals surface area contributed by atoms with Gasteiger partial charge < -0.3 is 16.0 Å². The molecule has 2 aromatic heterocycles. The highest BCUT2D eigenvalue weighted by Gasteiger charge is 2.15. The number of thioether (sulfide) groups is 1. The van der Waals surface area contributed by atoms with E-state index in [1.807, 2.05) is 30.3 Å². The van der Waals surface area contributed by atoms with Crippen molar-refractivity contribution in [3.63, 3.8) is 0 Å². The predicted molar refractivity (Wildman–Crippen MR) is 142 cm³/mol. The summed E-state index contributed by atoms with van der Waals surface area (Å²) in [4.78, 5) is 24.4. The normalized spacial score (nSPS) is 15.1. The summed E-state index contributed by atoms with van der Waals surface area (Å²) < 4.78 is 0. The van der Waals surface area contributed by atoms with Crippen LogP contribution in [-0.4, -0.2) is 56.3 Å². The zero-order valence-electron chi connectivity index (χ0n) is 19.1. The Morgan fingerprint density at radius 1 is 0.914 bits per heavy atom. The number of aromatic nitrogens is 4. The standard InChI is InChI=1S/C23H27N7O2S3/c31-18(14-16-6-2-1-3-7-16)25-22-29-27-20(34-22)9-12-33-13-10-21-28-30-23(35-21)26-19(32)15-17-8-4-5-11-24-17/h1-7,17,24H,8-15H2,(H,25,29,31)(H,26,30,32). The first-order valence-electron chi connectivity index (χ1n) is 11.4. The van der Waals surface area contributed by atoms with Crippen LogP contribution in [-0.2, 0) is 28.9 Å². The van der Waals surface area contributed by atoms with E-state index in [2.05, 4.69) is 48.5 Å². The number of amides is 2. The minimum atomic E-state index is -0.0938. The number of aryl methyl sites for hydroxylation is 2. The molecule has 0 bridgehead atoms. The van der Waals surface area contributed by atoms with Gasteiger partial charge in [0.1, 0.15) is 10.0 Å². The largest absolute Gasteiger partial charge is 0.310 e. The molecule has 35 heavy (non-hydrogen) atoms. The third-order valence-corrected chi connectivity index (χ3v) is 7.88. The van der Waals surface area contributed by atoms with Crippen LogP contribution in [0.4, 0.5) is 10.3 Å². The van der Waals surface area contributed by atoms with Crippen molar-refractivity contribution in [3.05, 3.63) is 58.1 Å². The summed E-state index contributed by atoms with van der Waals surface area (Å²) in [7, 11) is 0. The minimum absolute atomic E-state index is 0.0393. The summed E-state index contributed by atoms with van der Waals surface area (Å²) in [5, 5.41) is 28.4. The quantitative estimate of drug-likeness (QED) is 0.241. The molecule has 1 unspecified atom stereocenters. The van der Waals surface area contributed by atoms with Crippen molar-refractivity contribution in [1.82, 2.24) is 25.7 Å². The van der Waals surface area contributed by atoms with Gasteiger partial charge in [-0.1, -0.05) is 65.2 Å². The van der Waals surface area contributed by atoms with E-state index in [9.17, 15) is 9.59 Å². The predicted octanol–water partition coefficient (Wildman–Crippen LogP) is 3.34. The lowest BCUT2D eigenvalue weighted by atomic mass is 10.1. The molecule has 184 valence electrons. The zero-order chi connectivity index (χ0) is 24.3. The van der Waals surface area contributed by atoms with Crippen LogP contribution in [0, 0.1) is 0 Å². The van der Waals surface area contributed by atoms with Crippen molar-refractivity contribution < 1.29 is 9.59 Å². The lowest BCUT2D eigenvalue weighted by Crippen LogP contribution is -2.34. The minimum Gasteiger partial charge on any atom is -0.310 e. The first-order valence-corrected chi connectivity index (χ1v) is 14.2. The molecule has 0 fully saturated rings. The Hall–Kier alpha value is -2.67. The van der Waals surface area contributed by atoms with Crippen LogP contribution in [0.3, 0.4) is 0 Å². The fraction of sp³-hybridized carbons (Fsp3) is 0.391. The Morgan fingerprint density at radius 2 is 1.57 bits per heavy atom. The molecule has 3 heterocycles. The first-order chi connectivity index (χ1) is 17.1. The van der Waals surface area contributed by atoms with E-state index in [1.54, 1.807) is 11.8 Å². The third-order valence-electron chi connectivity index (χ3n) is 5.10. The Balaban J connectivity index is 1.10. The fourth-order valence-electron chi connectivity index (χ4n) is 3.39. The van der Waals surface area contributed by atoms with E-state index in [1.165, 1.54) is 22.7 Å². The van der Waals surface area contributed by atoms with Crippen LogP contribution in [0.15, 0.2) is 42.5 Å². The third kappa shape index (κ3) is 8.80. The van der Waals surface area contributed by atoms with Crippen LogP contribution in [0.2, 0.25) is 0 Å². The van der Waals surface area contributed by atoms with Gasteiger partial charge in [0.05, 0.1) is 6.42 Å². The van der Waals surface area contributed by atoms with Gasteiger partial charge in [0, 0.05) is 31.8 Å². The van der Waals surface area contributed by atoms with Gasteiger partial charge in [0.2, 0.25) is 22.1 Å². The van der Waals surface area contributed by atoms with Gasteiger partial charge in [0.25, 0.3) is 0 Å². The monoisotopic (exact) mass is 529 g/mol. The maximum atomic E-state index is 12.2. The highest BCUT2D eigenvalue weighted by Crippen LogP contribution is 2.20. The van der Waals surface area contributed by atoms with Crippen LogP contribution < -0.4 is 16.0 Å². The van der Waals surface area contributed by atoms with Gasteiger partial charge in [-0.15, -0.1) is 20.4 Å². The van der Waals surface area contributed by atoms with Crippen LogP contribution >= 0.6 is 34.4 Å². The first kappa shape index (κ1) is 25.4. The van der Waals surface area contributed by atoms with Crippen LogP contribution in [0.25, 0.3) is 0 Å². The van der Waals surface area contributed by atoms with Crippen LogP contribution in [0.1, 0.15) is 28.4 Å². The molecule has 3 N–H and O–H groups in total. The van der Waals surface area contributed by atoms with Crippen molar-refractivity contribution in [2.45, 2.75) is 38.1 Å². The Labute approximate surface area is 216 Å². The molecule has 0 saturated heterocycles. The second-order valence-corrected chi connectivity index (χ2v) is 11.2. The molecule has 3 aromatic rings. The second-order valence-electron chi connectivity index (χ2n) is 7.89. The number of hydrogen-bond acceptors (Lipinski definition) is 10. The summed E-state index contributed by atoms with van der Waals surface area (Å²) in [6.45, 7) is 0.810. The van der Waals surface area contributed by atoms with E-state index in [0.717, 1.165) is 52.9 Å². The maximum absolute atomic E-state index is 12.2. The summed E-state index contributed by atoms with van der Waals surface area (Å²) in [5.74, 6) is 1.67. The van der Waals surface area contributed by atoms with Gasteiger partial charge >= 0.3 is 0 Å². The summed E-state index contributed by atoms with van der Waals surface area (Å²) in [6.07, 6.45) is 7.37. The van der Waals surface area contributed by atoms with E-state index in [0.29, 0.717) is 23.1 Å². The fourth-order valence-corrected chi connectivity index (χ4v) is 6.04. The Kier molecular flexibility index (Phi) is 9.75. The SMILES string of the molecule is O=C(Cc1ccccc1)Nc1nnc(CCSCCc2nnc(NC(=O)CC3CC=CCN3)s2)s1. The van der Waals surface area contributed by atoms with E-state index >= 15 is 0 Å². The molecule has 2 amide bonds. The molecule has 1 aliphatic rings. The molecule has 0 radical (unpaired) electrons. The van der Waals surface area contributed by atoms with Gasteiger partial charge in [-0.25, -0.2) is 0 Å². The van der Waals surface area contributed by atoms with Crippen molar-refractivity contribution in [1.29, 1.82) is 0 Å². The van der Waals surface area contributed by atoms with E-state index in [-0.39, 0.29) is 17.9 Å². The van der Waals surface area contributed by atoms with Crippen molar-refractivity contribution in [3.8, 4) is 0 Å². The number of carbonyl (C=O) groups is 2. The number of anilines is 2. The second kappa shape index (κ2) is 13.4. The number of benzene rings is 1. The molecule has 0 spiro atoms. The van der Waals surface area contributed by atoms with E-state index < -0.39 is 0 Å². The lowest BCUT2D eigenvalue weighted by molar-refractivity contribution is -0.117. The number of nitrogens with zero attached hydrogens (tertiary/aromatic N) is 4. The average Bonchev–Trinajstić information content (AvgIpc) is 3.49. The Morgan fingerprint density at radius 3 is 2.20 bits per heavy atom. The molecule has 0 saturated carbocycles. The Bertz CT molecular complexity index is 1130. The zero-order valence-corrected chi connectivity index (χ0v) is 21.6. The molecule has 4 rings (SSSR count). The number of hydrogen-bond donors (Lipinski definition) is 3. The van der Waals surface area contributed by atoms with Gasteiger partial charge in [-0.3, -0.25) is 9.59 Å². The molecular formula is C23H27N7O2S3. The highest BCUT2D eigenvalue weighted by molar-refractivity contribution is 7.99. The number of nitrogens with one attached hydrogen (secondary N) is 3. The molecule has 9 nitrogen and oxygen atoms in total. The molecule has 12 heteroatoms. The molecular weight excluding hydrogens is 503 g/mol. The molecule has 1 aliphatic heterocycles. The number of rotatable bonds is 12. The van der Waals surface area contributed by atoms with Crippen LogP contribution in [0.5, 0.6) is 0 Å². The van der Waals surface area contributed by atoms with Gasteiger partial charge in [-0.2, -0.15) is 11.8 Å². The highest BCUT2D eigenvalue weighted by atomic mass is 32.2. The number of carbonyl (C=O) groups excluding carboxylic acids is 2. The molecule has 1 aromatic carbocycles. The summed E-state index contributed by atoms with van der Waals surface area (Å²) >= 11 is 4.64. The average molecular weight is 530 g/mol.